The molecule has 1 heteroatoms. The fourth-order valence-electron chi connectivity index (χ4n) is 1.80. The van der Waals surface area contributed by atoms with Crippen molar-refractivity contribution in [3.8, 4) is 5.75 Å². The van der Waals surface area contributed by atoms with E-state index >= 15 is 0 Å². The minimum atomic E-state index is 1.03. The van der Waals surface area contributed by atoms with Gasteiger partial charge in [-0.2, -0.15) is 0 Å². The molecule has 2 rings (SSSR count). The number of ether oxygens (including phenoxy) is 1. The van der Waals surface area contributed by atoms with Gasteiger partial charge in [0, 0.05) is 5.56 Å². The molecule has 68 valence electrons. The molecule has 1 aliphatic carbocycles. The standard InChI is InChI=1S/C12H14O/c1-13-12-9-5-7-10-6-3-2-4-8-11(10)12/h3,5-7,9H,2,4,8H2,1H3. The van der Waals surface area contributed by atoms with Crippen LogP contribution < -0.4 is 4.74 Å². The molecule has 0 spiro atoms. The molecule has 1 aromatic rings. The van der Waals surface area contributed by atoms with Gasteiger partial charge in [0.15, 0.2) is 0 Å². The van der Waals surface area contributed by atoms with Crippen LogP contribution in [0.4, 0.5) is 0 Å². The smallest absolute Gasteiger partial charge is 0.122 e. The van der Waals surface area contributed by atoms with Crippen molar-refractivity contribution in [2.45, 2.75) is 19.3 Å². The molecule has 1 nitrogen and oxygen atoms in total. The first-order valence-corrected chi connectivity index (χ1v) is 4.74. The fraction of sp³-hybridized carbons (Fsp3) is 0.333. The highest BCUT2D eigenvalue weighted by atomic mass is 16.5. The van der Waals surface area contributed by atoms with Crippen molar-refractivity contribution < 1.29 is 4.74 Å². The topological polar surface area (TPSA) is 9.23 Å². The number of fused-ring (bicyclic) bond motifs is 1. The lowest BCUT2D eigenvalue weighted by molar-refractivity contribution is 0.409. The molecule has 1 aliphatic rings. The molecule has 0 amide bonds. The van der Waals surface area contributed by atoms with E-state index in [2.05, 4.69) is 18.2 Å². The third kappa shape index (κ3) is 1.59. The van der Waals surface area contributed by atoms with Crippen molar-refractivity contribution in [3.63, 3.8) is 0 Å². The summed E-state index contributed by atoms with van der Waals surface area (Å²) in [5.74, 6) is 1.03. The zero-order chi connectivity index (χ0) is 9.10. The van der Waals surface area contributed by atoms with Crippen LogP contribution in [0.3, 0.4) is 0 Å². The van der Waals surface area contributed by atoms with Crippen molar-refractivity contribution >= 4 is 6.08 Å². The Balaban J connectivity index is 2.49. The van der Waals surface area contributed by atoms with Crippen LogP contribution in [0.15, 0.2) is 24.3 Å². The summed E-state index contributed by atoms with van der Waals surface area (Å²) in [5.41, 5.74) is 2.68. The predicted molar refractivity (Wildman–Crippen MR) is 55.0 cm³/mol. The Morgan fingerprint density at radius 1 is 1.31 bits per heavy atom. The molecule has 0 aliphatic heterocycles. The largest absolute Gasteiger partial charge is 0.496 e. The second-order valence-corrected chi connectivity index (χ2v) is 3.32. The molecule has 0 fully saturated rings. The molecule has 0 N–H and O–H groups in total. The first-order chi connectivity index (χ1) is 6.42. The van der Waals surface area contributed by atoms with Crippen molar-refractivity contribution in [2.24, 2.45) is 0 Å². The van der Waals surface area contributed by atoms with Gasteiger partial charge in [0.25, 0.3) is 0 Å². The van der Waals surface area contributed by atoms with E-state index in [-0.39, 0.29) is 0 Å². The lowest BCUT2D eigenvalue weighted by Crippen LogP contribution is -1.93. The summed E-state index contributed by atoms with van der Waals surface area (Å²) in [6.07, 6.45) is 7.98. The van der Waals surface area contributed by atoms with Crippen LogP contribution in [0, 0.1) is 0 Å². The van der Waals surface area contributed by atoms with E-state index in [9.17, 15) is 0 Å². The molecule has 0 atom stereocenters. The summed E-state index contributed by atoms with van der Waals surface area (Å²) >= 11 is 0. The number of methoxy groups -OCH3 is 1. The van der Waals surface area contributed by atoms with Gasteiger partial charge < -0.3 is 4.74 Å². The maximum absolute atomic E-state index is 5.33. The molecule has 0 saturated carbocycles. The summed E-state index contributed by atoms with van der Waals surface area (Å²) < 4.78 is 5.33. The van der Waals surface area contributed by atoms with Gasteiger partial charge in [0.1, 0.15) is 5.75 Å². The van der Waals surface area contributed by atoms with Gasteiger partial charge in [-0.25, -0.2) is 0 Å². The van der Waals surface area contributed by atoms with Gasteiger partial charge in [-0.15, -0.1) is 0 Å². The number of hydrogen-bond donors (Lipinski definition) is 0. The number of hydrogen-bond acceptors (Lipinski definition) is 1. The lowest BCUT2D eigenvalue weighted by atomic mass is 10.0. The van der Waals surface area contributed by atoms with Gasteiger partial charge in [-0.3, -0.25) is 0 Å². The Hall–Kier alpha value is -1.24. The van der Waals surface area contributed by atoms with Crippen molar-refractivity contribution in [1.29, 1.82) is 0 Å². The summed E-state index contributed by atoms with van der Waals surface area (Å²) in [6, 6.07) is 6.24. The molecule has 0 saturated heterocycles. The SMILES string of the molecule is COc1cccc2c1CCCC=C2. The normalized spacial score (nSPS) is 14.8. The quantitative estimate of drug-likeness (QED) is 0.635. The summed E-state index contributed by atoms with van der Waals surface area (Å²) in [4.78, 5) is 0. The minimum absolute atomic E-state index is 1.03. The third-order valence-electron chi connectivity index (χ3n) is 2.48. The van der Waals surface area contributed by atoms with Crippen LogP contribution in [0.25, 0.3) is 6.08 Å². The monoisotopic (exact) mass is 174 g/mol. The maximum atomic E-state index is 5.33. The highest BCUT2D eigenvalue weighted by Crippen LogP contribution is 2.27. The summed E-state index contributed by atoms with van der Waals surface area (Å²) in [7, 11) is 1.74. The Morgan fingerprint density at radius 3 is 3.08 bits per heavy atom. The van der Waals surface area contributed by atoms with Gasteiger partial charge in [-0.1, -0.05) is 24.3 Å². The molecule has 13 heavy (non-hydrogen) atoms. The summed E-state index contributed by atoms with van der Waals surface area (Å²) in [6.45, 7) is 0. The van der Waals surface area contributed by atoms with E-state index in [1.54, 1.807) is 7.11 Å². The molecular weight excluding hydrogens is 160 g/mol. The highest BCUT2D eigenvalue weighted by molar-refractivity contribution is 5.58. The summed E-state index contributed by atoms with van der Waals surface area (Å²) in [5, 5.41) is 0. The number of allylic oxidation sites excluding steroid dienone is 1. The van der Waals surface area contributed by atoms with E-state index in [1.807, 2.05) is 12.1 Å². The van der Waals surface area contributed by atoms with E-state index in [4.69, 9.17) is 4.74 Å². The van der Waals surface area contributed by atoms with E-state index in [0.29, 0.717) is 0 Å². The Morgan fingerprint density at radius 2 is 2.23 bits per heavy atom. The van der Waals surface area contributed by atoms with Crippen LogP contribution in [0.1, 0.15) is 24.0 Å². The molecule has 1 aromatic carbocycles. The first-order valence-electron chi connectivity index (χ1n) is 4.74. The average Bonchev–Trinajstić information content (AvgIpc) is 2.41. The van der Waals surface area contributed by atoms with Gasteiger partial charge in [-0.05, 0) is 30.9 Å². The van der Waals surface area contributed by atoms with Crippen LogP contribution in [-0.2, 0) is 6.42 Å². The van der Waals surface area contributed by atoms with E-state index in [1.165, 1.54) is 24.0 Å². The van der Waals surface area contributed by atoms with Gasteiger partial charge >= 0.3 is 0 Å². The maximum Gasteiger partial charge on any atom is 0.122 e. The Kier molecular flexibility index (Phi) is 2.35. The van der Waals surface area contributed by atoms with E-state index in [0.717, 1.165) is 12.2 Å². The predicted octanol–water partition coefficient (Wildman–Crippen LogP) is 3.04. The van der Waals surface area contributed by atoms with Gasteiger partial charge in [0.2, 0.25) is 0 Å². The molecule has 0 heterocycles. The second-order valence-electron chi connectivity index (χ2n) is 3.32. The second kappa shape index (κ2) is 3.65. The van der Waals surface area contributed by atoms with Crippen molar-refractivity contribution in [2.75, 3.05) is 7.11 Å². The zero-order valence-electron chi connectivity index (χ0n) is 7.92. The number of rotatable bonds is 1. The van der Waals surface area contributed by atoms with Crippen molar-refractivity contribution in [3.05, 3.63) is 35.4 Å². The lowest BCUT2D eigenvalue weighted by Gasteiger charge is -2.09. The molecule has 0 bridgehead atoms. The van der Waals surface area contributed by atoms with Crippen LogP contribution in [0.2, 0.25) is 0 Å². The first kappa shape index (κ1) is 8.36. The number of benzene rings is 1. The zero-order valence-corrected chi connectivity index (χ0v) is 7.92. The molecular formula is C12H14O. The highest BCUT2D eigenvalue weighted by Gasteiger charge is 2.08. The Labute approximate surface area is 79.0 Å². The minimum Gasteiger partial charge on any atom is -0.496 e. The third-order valence-corrected chi connectivity index (χ3v) is 2.48. The molecule has 0 aromatic heterocycles. The molecule has 0 unspecified atom stereocenters. The fourth-order valence-corrected chi connectivity index (χ4v) is 1.80. The molecule has 0 radical (unpaired) electrons. The van der Waals surface area contributed by atoms with Crippen molar-refractivity contribution in [1.82, 2.24) is 0 Å². The van der Waals surface area contributed by atoms with Gasteiger partial charge in [0.05, 0.1) is 7.11 Å². The van der Waals surface area contributed by atoms with E-state index < -0.39 is 0 Å². The Bertz CT molecular complexity index is 326. The van der Waals surface area contributed by atoms with Crippen LogP contribution in [0.5, 0.6) is 5.75 Å². The van der Waals surface area contributed by atoms with Crippen LogP contribution in [-0.4, -0.2) is 7.11 Å². The van der Waals surface area contributed by atoms with Crippen LogP contribution >= 0.6 is 0 Å². The average molecular weight is 174 g/mol.